The van der Waals surface area contributed by atoms with Gasteiger partial charge in [0.25, 0.3) is 11.8 Å². The molecule has 0 fully saturated rings. The van der Waals surface area contributed by atoms with Gasteiger partial charge in [0.2, 0.25) is 0 Å². The minimum Gasteiger partial charge on any atom is -0.489 e. The van der Waals surface area contributed by atoms with Gasteiger partial charge < -0.3 is 14.8 Å². The van der Waals surface area contributed by atoms with Crippen LogP contribution in [0, 0.1) is 12.8 Å². The third-order valence-electron chi connectivity index (χ3n) is 5.49. The number of hydrogen-bond acceptors (Lipinski definition) is 5. The van der Waals surface area contributed by atoms with Crippen molar-refractivity contribution in [2.45, 2.75) is 39.8 Å². The minimum atomic E-state index is -0.740. The van der Waals surface area contributed by atoms with Crippen LogP contribution in [0.5, 0.6) is 11.5 Å². The molecule has 38 heavy (non-hydrogen) atoms. The lowest BCUT2D eigenvalue weighted by molar-refractivity contribution is -0.130. The van der Waals surface area contributed by atoms with Crippen LogP contribution in [-0.4, -0.2) is 30.7 Å². The van der Waals surface area contributed by atoms with E-state index < -0.39 is 11.9 Å². The van der Waals surface area contributed by atoms with Gasteiger partial charge >= 0.3 is 0 Å². The van der Waals surface area contributed by atoms with Gasteiger partial charge in [0.15, 0.2) is 6.61 Å². The zero-order valence-electron chi connectivity index (χ0n) is 21.5. The summed E-state index contributed by atoms with van der Waals surface area (Å²) in [5.74, 6) is 0.683. The Hall–Kier alpha value is -3.55. The highest BCUT2D eigenvalue weighted by Crippen LogP contribution is 2.23. The average molecular weight is 556 g/mol. The van der Waals surface area contributed by atoms with Crippen LogP contribution in [0.25, 0.3) is 0 Å². The fraction of sp³-hybridized carbons (Fsp3) is 0.276. The Labute approximate surface area is 233 Å². The number of ether oxygens (including phenoxy) is 2. The van der Waals surface area contributed by atoms with E-state index in [4.69, 9.17) is 32.7 Å². The van der Waals surface area contributed by atoms with Gasteiger partial charge in [-0.2, -0.15) is 5.10 Å². The monoisotopic (exact) mass is 555 g/mol. The highest BCUT2D eigenvalue weighted by atomic mass is 35.5. The van der Waals surface area contributed by atoms with Crippen molar-refractivity contribution in [1.29, 1.82) is 0 Å². The first-order chi connectivity index (χ1) is 18.2. The number of benzene rings is 3. The zero-order chi connectivity index (χ0) is 27.5. The van der Waals surface area contributed by atoms with Gasteiger partial charge in [0, 0.05) is 15.6 Å². The fourth-order valence-electron chi connectivity index (χ4n) is 3.50. The van der Waals surface area contributed by atoms with Crippen molar-refractivity contribution in [2.75, 3.05) is 6.61 Å². The molecule has 0 heterocycles. The van der Waals surface area contributed by atoms with Gasteiger partial charge in [-0.3, -0.25) is 9.59 Å². The molecule has 1 atom stereocenters. The third-order valence-corrected chi connectivity index (χ3v) is 6.08. The lowest BCUT2D eigenvalue weighted by atomic mass is 10.0. The number of aryl methyl sites for hydroxylation is 1. The molecule has 200 valence electrons. The topological polar surface area (TPSA) is 89.0 Å². The molecule has 2 N–H and O–H groups in total. The summed E-state index contributed by atoms with van der Waals surface area (Å²) in [7, 11) is 0. The molecule has 2 amide bonds. The molecule has 0 aliphatic carbocycles. The Morgan fingerprint density at radius 3 is 2.42 bits per heavy atom. The van der Waals surface area contributed by atoms with Crippen LogP contribution in [0.3, 0.4) is 0 Å². The van der Waals surface area contributed by atoms with Crippen molar-refractivity contribution in [2.24, 2.45) is 11.0 Å². The molecular formula is C29H31Cl2N3O4. The van der Waals surface area contributed by atoms with Gasteiger partial charge in [-0.15, -0.1) is 0 Å². The fourth-order valence-corrected chi connectivity index (χ4v) is 3.96. The van der Waals surface area contributed by atoms with Crippen LogP contribution in [0.1, 0.15) is 37.0 Å². The van der Waals surface area contributed by atoms with E-state index >= 15 is 0 Å². The Morgan fingerprint density at radius 2 is 1.74 bits per heavy atom. The molecule has 0 aliphatic heterocycles. The second-order valence-corrected chi connectivity index (χ2v) is 9.98. The maximum Gasteiger partial charge on any atom is 0.262 e. The second-order valence-electron chi connectivity index (χ2n) is 9.13. The van der Waals surface area contributed by atoms with Gasteiger partial charge in [-0.25, -0.2) is 5.43 Å². The van der Waals surface area contributed by atoms with E-state index in [9.17, 15) is 9.59 Å². The van der Waals surface area contributed by atoms with Crippen molar-refractivity contribution in [3.8, 4) is 11.5 Å². The predicted molar refractivity (Wildman–Crippen MR) is 151 cm³/mol. The normalized spacial score (nSPS) is 11.8. The molecule has 0 radical (unpaired) electrons. The molecule has 9 heteroatoms. The maximum absolute atomic E-state index is 12.7. The number of hydrazone groups is 1. The summed E-state index contributed by atoms with van der Waals surface area (Å²) in [5, 5.41) is 7.91. The highest BCUT2D eigenvalue weighted by molar-refractivity contribution is 6.35. The van der Waals surface area contributed by atoms with E-state index in [1.165, 1.54) is 6.21 Å². The van der Waals surface area contributed by atoms with Gasteiger partial charge in [0.1, 0.15) is 24.1 Å². The summed E-state index contributed by atoms with van der Waals surface area (Å²) in [6.45, 7) is 5.97. The van der Waals surface area contributed by atoms with Crippen LogP contribution in [-0.2, 0) is 16.2 Å². The van der Waals surface area contributed by atoms with E-state index in [0.717, 1.165) is 16.7 Å². The van der Waals surface area contributed by atoms with Crippen LogP contribution in [0.2, 0.25) is 10.0 Å². The lowest BCUT2D eigenvalue weighted by Crippen LogP contribution is -2.47. The lowest BCUT2D eigenvalue weighted by Gasteiger charge is -2.19. The summed E-state index contributed by atoms with van der Waals surface area (Å²) >= 11 is 12.1. The summed E-state index contributed by atoms with van der Waals surface area (Å²) in [6, 6.07) is 19.2. The number of amides is 2. The smallest absolute Gasteiger partial charge is 0.262 e. The van der Waals surface area contributed by atoms with E-state index in [1.807, 2.05) is 57.2 Å². The van der Waals surface area contributed by atoms with Crippen LogP contribution in [0.15, 0.2) is 71.8 Å². The van der Waals surface area contributed by atoms with Crippen molar-refractivity contribution < 1.29 is 19.1 Å². The van der Waals surface area contributed by atoms with Crippen LogP contribution >= 0.6 is 23.2 Å². The number of rotatable bonds is 12. The molecular weight excluding hydrogens is 525 g/mol. The number of nitrogens with zero attached hydrogens (tertiary/aromatic N) is 1. The molecule has 0 spiro atoms. The Balaban J connectivity index is 1.50. The Bertz CT molecular complexity index is 1260. The van der Waals surface area contributed by atoms with Gasteiger partial charge in [0.05, 0.1) is 6.21 Å². The summed E-state index contributed by atoms with van der Waals surface area (Å²) < 4.78 is 11.4. The van der Waals surface area contributed by atoms with E-state index in [-0.39, 0.29) is 18.4 Å². The van der Waals surface area contributed by atoms with E-state index in [1.54, 1.807) is 30.3 Å². The highest BCUT2D eigenvalue weighted by Gasteiger charge is 2.22. The number of carbonyl (C=O) groups excluding carboxylic acids is 2. The van der Waals surface area contributed by atoms with Crippen molar-refractivity contribution in [1.82, 2.24) is 10.7 Å². The Morgan fingerprint density at radius 1 is 1.00 bits per heavy atom. The average Bonchev–Trinajstić information content (AvgIpc) is 2.88. The second kappa shape index (κ2) is 14.4. The molecule has 0 saturated heterocycles. The zero-order valence-corrected chi connectivity index (χ0v) is 23.1. The molecule has 7 nitrogen and oxygen atoms in total. The van der Waals surface area contributed by atoms with Crippen molar-refractivity contribution in [3.05, 3.63) is 93.5 Å². The summed E-state index contributed by atoms with van der Waals surface area (Å²) in [6.07, 6.45) is 1.98. The van der Waals surface area contributed by atoms with Gasteiger partial charge in [-0.1, -0.05) is 61.3 Å². The maximum atomic E-state index is 12.7. The number of carbonyl (C=O) groups is 2. The Kier molecular flexibility index (Phi) is 11.0. The van der Waals surface area contributed by atoms with E-state index in [2.05, 4.69) is 15.8 Å². The van der Waals surface area contributed by atoms with Crippen molar-refractivity contribution >= 4 is 41.2 Å². The first-order valence-corrected chi connectivity index (χ1v) is 12.9. The standard InChI is InChI=1S/C29H31Cl2N3O4/c1-19(2)14-26(33-28(35)18-38-27-7-5-4-6-20(27)3)29(36)34-32-16-21-8-12-24(13-9-21)37-17-22-10-11-23(30)15-25(22)31/h4-13,15-16,19,26H,14,17-18H2,1-3H3,(H,33,35)(H,34,36)/b32-16-/t26-/m1/s1. The number of para-hydroxylation sites is 1. The van der Waals surface area contributed by atoms with E-state index in [0.29, 0.717) is 34.6 Å². The molecule has 0 aromatic heterocycles. The quantitative estimate of drug-likeness (QED) is 0.214. The number of nitrogens with one attached hydrogen (secondary N) is 2. The molecule has 3 rings (SSSR count). The minimum absolute atomic E-state index is 0.183. The van der Waals surface area contributed by atoms with Gasteiger partial charge in [-0.05, 0) is 72.9 Å². The molecule has 0 bridgehead atoms. The first-order valence-electron chi connectivity index (χ1n) is 12.2. The molecule has 3 aromatic rings. The number of hydrogen-bond donors (Lipinski definition) is 2. The third kappa shape index (κ3) is 9.39. The summed E-state index contributed by atoms with van der Waals surface area (Å²) in [4.78, 5) is 25.2. The number of halogens is 2. The van der Waals surface area contributed by atoms with Crippen LogP contribution < -0.4 is 20.2 Å². The van der Waals surface area contributed by atoms with Crippen molar-refractivity contribution in [3.63, 3.8) is 0 Å². The SMILES string of the molecule is Cc1ccccc1OCC(=O)N[C@H](CC(C)C)C(=O)N/N=C\c1ccc(OCc2ccc(Cl)cc2Cl)cc1. The molecule has 0 unspecified atom stereocenters. The largest absolute Gasteiger partial charge is 0.489 e. The summed E-state index contributed by atoms with van der Waals surface area (Å²) in [5.41, 5.74) is 5.03. The molecule has 0 aliphatic rings. The van der Waals surface area contributed by atoms with Crippen LogP contribution in [0.4, 0.5) is 0 Å². The molecule has 3 aromatic carbocycles. The predicted octanol–water partition coefficient (Wildman–Crippen LogP) is 5.94. The first kappa shape index (κ1) is 29.0. The molecule has 0 saturated carbocycles.